The number of aromatic hydroxyl groups is 1. The number of carbonyl (C=O) groups excluding carboxylic acids is 1. The van der Waals surface area contributed by atoms with Gasteiger partial charge in [0, 0.05) is 45.0 Å². The topological polar surface area (TPSA) is 47.0 Å². The molecule has 0 unspecified atom stereocenters. The zero-order valence-corrected chi connectivity index (χ0v) is 16.2. The first-order valence-corrected chi connectivity index (χ1v) is 9.75. The Hall–Kier alpha value is -2.53. The van der Waals surface area contributed by atoms with Crippen LogP contribution in [0.15, 0.2) is 54.6 Å². The van der Waals surface area contributed by atoms with E-state index in [0.717, 1.165) is 50.5 Å². The van der Waals surface area contributed by atoms with Crippen molar-refractivity contribution in [3.63, 3.8) is 0 Å². The second-order valence-corrected chi connectivity index (χ2v) is 6.86. The molecule has 1 aliphatic heterocycles. The lowest BCUT2D eigenvalue weighted by atomic mass is 10.0. The fourth-order valence-corrected chi connectivity index (χ4v) is 3.75. The number of amides is 1. The summed E-state index contributed by atoms with van der Waals surface area (Å²) in [7, 11) is 0. The van der Waals surface area contributed by atoms with Crippen molar-refractivity contribution >= 4 is 11.6 Å². The molecule has 1 saturated heterocycles. The zero-order valence-electron chi connectivity index (χ0n) is 16.2. The van der Waals surface area contributed by atoms with E-state index in [2.05, 4.69) is 21.9 Å². The third-order valence-electron chi connectivity index (χ3n) is 5.32. The van der Waals surface area contributed by atoms with Crippen LogP contribution in [0.4, 0.5) is 5.69 Å². The van der Waals surface area contributed by atoms with Crippen LogP contribution in [0, 0.1) is 0 Å². The van der Waals surface area contributed by atoms with Crippen molar-refractivity contribution in [1.29, 1.82) is 0 Å². The van der Waals surface area contributed by atoms with Crippen molar-refractivity contribution in [3.8, 4) is 5.75 Å². The summed E-state index contributed by atoms with van der Waals surface area (Å²) < 4.78 is 0. The second kappa shape index (κ2) is 8.91. The highest BCUT2D eigenvalue weighted by atomic mass is 16.3. The molecule has 1 amide bonds. The Morgan fingerprint density at radius 1 is 0.963 bits per heavy atom. The molecule has 0 radical (unpaired) electrons. The zero-order chi connectivity index (χ0) is 19.2. The number of benzene rings is 2. The molecule has 5 heteroatoms. The smallest absolute Gasteiger partial charge is 0.244 e. The van der Waals surface area contributed by atoms with Gasteiger partial charge in [0.05, 0.1) is 0 Å². The van der Waals surface area contributed by atoms with E-state index in [1.165, 1.54) is 0 Å². The molecule has 0 aliphatic carbocycles. The van der Waals surface area contributed by atoms with Crippen LogP contribution in [0.5, 0.6) is 5.75 Å². The number of rotatable bonds is 6. The number of anilines is 1. The molecule has 2 aromatic carbocycles. The average Bonchev–Trinajstić information content (AvgIpc) is 2.71. The van der Waals surface area contributed by atoms with E-state index in [4.69, 9.17) is 0 Å². The minimum Gasteiger partial charge on any atom is -0.508 e. The molecule has 0 spiro atoms. The van der Waals surface area contributed by atoms with Crippen molar-refractivity contribution in [1.82, 2.24) is 9.80 Å². The van der Waals surface area contributed by atoms with Crippen molar-refractivity contribution in [2.45, 2.75) is 19.9 Å². The molecular weight excluding hydrogens is 338 g/mol. The lowest BCUT2D eigenvalue weighted by Gasteiger charge is -2.41. The number of hydrogen-bond acceptors (Lipinski definition) is 4. The second-order valence-electron chi connectivity index (χ2n) is 6.86. The maximum absolute atomic E-state index is 13.2. The maximum Gasteiger partial charge on any atom is 0.244 e. The summed E-state index contributed by atoms with van der Waals surface area (Å²) in [6.07, 6.45) is 0. The molecule has 1 fully saturated rings. The lowest BCUT2D eigenvalue weighted by molar-refractivity contribution is -0.137. The van der Waals surface area contributed by atoms with Crippen LogP contribution in [-0.2, 0) is 4.79 Å². The minimum absolute atomic E-state index is 0.185. The number of phenolic OH excluding ortho intramolecular Hbond substituents is 1. The van der Waals surface area contributed by atoms with Crippen molar-refractivity contribution in [2.75, 3.05) is 44.2 Å². The minimum atomic E-state index is -0.229. The SMILES string of the molecule is CCN(CC)C(=O)[C@@H](c1ccccc1)N1CCN(c2ccc(O)cc2)CC1. The van der Waals surface area contributed by atoms with Crippen LogP contribution in [0.1, 0.15) is 25.5 Å². The molecule has 144 valence electrons. The van der Waals surface area contributed by atoms with E-state index >= 15 is 0 Å². The molecule has 2 aromatic rings. The van der Waals surface area contributed by atoms with E-state index in [1.54, 1.807) is 12.1 Å². The molecule has 0 bridgehead atoms. The Balaban J connectivity index is 1.76. The van der Waals surface area contributed by atoms with Crippen molar-refractivity contribution in [2.24, 2.45) is 0 Å². The molecule has 0 aromatic heterocycles. The monoisotopic (exact) mass is 367 g/mol. The standard InChI is InChI=1S/C22H29N3O2/c1-3-23(4-2)22(27)21(18-8-6-5-7-9-18)25-16-14-24(15-17-25)19-10-12-20(26)13-11-19/h5-13,21,26H,3-4,14-17H2,1-2H3/t21-/m1/s1. The Bertz CT molecular complexity index is 721. The van der Waals surface area contributed by atoms with Crippen LogP contribution in [0.3, 0.4) is 0 Å². The Morgan fingerprint density at radius 3 is 2.11 bits per heavy atom. The number of piperazine rings is 1. The fourth-order valence-electron chi connectivity index (χ4n) is 3.75. The molecule has 0 saturated carbocycles. The quantitative estimate of drug-likeness (QED) is 0.852. The number of phenols is 1. The van der Waals surface area contributed by atoms with Gasteiger partial charge in [-0.1, -0.05) is 30.3 Å². The van der Waals surface area contributed by atoms with Gasteiger partial charge in [-0.2, -0.15) is 0 Å². The van der Waals surface area contributed by atoms with Gasteiger partial charge >= 0.3 is 0 Å². The van der Waals surface area contributed by atoms with Gasteiger partial charge in [-0.05, 0) is 43.7 Å². The molecular formula is C22H29N3O2. The normalized spacial score (nSPS) is 16.1. The highest BCUT2D eigenvalue weighted by Gasteiger charge is 2.32. The molecule has 1 atom stereocenters. The summed E-state index contributed by atoms with van der Waals surface area (Å²) in [5.41, 5.74) is 2.17. The highest BCUT2D eigenvalue weighted by molar-refractivity contribution is 5.83. The van der Waals surface area contributed by atoms with Gasteiger partial charge in [-0.25, -0.2) is 0 Å². The first kappa shape index (κ1) is 19.2. The van der Waals surface area contributed by atoms with Crippen LogP contribution >= 0.6 is 0 Å². The fraction of sp³-hybridized carbons (Fsp3) is 0.409. The Kier molecular flexibility index (Phi) is 6.35. The lowest BCUT2D eigenvalue weighted by Crippen LogP contribution is -2.51. The summed E-state index contributed by atoms with van der Waals surface area (Å²) in [6.45, 7) is 8.90. The first-order chi connectivity index (χ1) is 13.1. The largest absolute Gasteiger partial charge is 0.508 e. The highest BCUT2D eigenvalue weighted by Crippen LogP contribution is 2.27. The summed E-state index contributed by atoms with van der Waals surface area (Å²) in [4.78, 5) is 19.8. The molecule has 1 aliphatic rings. The number of likely N-dealkylation sites (N-methyl/N-ethyl adjacent to an activating group) is 1. The van der Waals surface area contributed by atoms with Gasteiger partial charge in [0.1, 0.15) is 11.8 Å². The van der Waals surface area contributed by atoms with E-state index < -0.39 is 0 Å². The van der Waals surface area contributed by atoms with E-state index in [1.807, 2.05) is 49.1 Å². The van der Waals surface area contributed by atoms with Crippen molar-refractivity contribution < 1.29 is 9.90 Å². The Labute approximate surface area is 161 Å². The Morgan fingerprint density at radius 2 is 1.56 bits per heavy atom. The molecule has 1 N–H and O–H groups in total. The number of nitrogens with zero attached hydrogens (tertiary/aromatic N) is 3. The molecule has 3 rings (SSSR count). The summed E-state index contributed by atoms with van der Waals surface area (Å²) in [5, 5.41) is 9.49. The van der Waals surface area contributed by atoms with Crippen LogP contribution in [0.25, 0.3) is 0 Å². The molecule has 27 heavy (non-hydrogen) atoms. The van der Waals surface area contributed by atoms with Gasteiger partial charge < -0.3 is 14.9 Å². The van der Waals surface area contributed by atoms with Crippen molar-refractivity contribution in [3.05, 3.63) is 60.2 Å². The third-order valence-corrected chi connectivity index (χ3v) is 5.32. The van der Waals surface area contributed by atoms with Gasteiger partial charge in [-0.15, -0.1) is 0 Å². The molecule has 5 nitrogen and oxygen atoms in total. The van der Waals surface area contributed by atoms with E-state index in [-0.39, 0.29) is 17.7 Å². The summed E-state index contributed by atoms with van der Waals surface area (Å²) in [5.74, 6) is 0.468. The van der Waals surface area contributed by atoms with E-state index in [0.29, 0.717) is 0 Å². The van der Waals surface area contributed by atoms with Gasteiger partial charge in [0.2, 0.25) is 5.91 Å². The predicted octanol–water partition coefficient (Wildman–Crippen LogP) is 3.12. The van der Waals surface area contributed by atoms with Crippen LogP contribution < -0.4 is 4.90 Å². The first-order valence-electron chi connectivity index (χ1n) is 9.75. The number of hydrogen-bond donors (Lipinski definition) is 1. The summed E-state index contributed by atoms with van der Waals surface area (Å²) in [6, 6.07) is 17.2. The molecule has 1 heterocycles. The average molecular weight is 367 g/mol. The van der Waals surface area contributed by atoms with Gasteiger partial charge in [-0.3, -0.25) is 9.69 Å². The predicted molar refractivity (Wildman–Crippen MR) is 109 cm³/mol. The van der Waals surface area contributed by atoms with Crippen LogP contribution in [0.2, 0.25) is 0 Å². The maximum atomic E-state index is 13.2. The summed E-state index contributed by atoms with van der Waals surface area (Å²) >= 11 is 0. The van der Waals surface area contributed by atoms with Crippen LogP contribution in [-0.4, -0.2) is 60.1 Å². The van der Waals surface area contributed by atoms with Gasteiger partial charge in [0.15, 0.2) is 0 Å². The number of carbonyl (C=O) groups is 1. The van der Waals surface area contributed by atoms with E-state index in [9.17, 15) is 9.90 Å². The third kappa shape index (κ3) is 4.42. The van der Waals surface area contributed by atoms with Gasteiger partial charge in [0.25, 0.3) is 0 Å².